The number of thiophene rings is 1. The number of hydrogen-bond acceptors (Lipinski definition) is 5. The van der Waals surface area contributed by atoms with E-state index in [9.17, 15) is 19.8 Å². The monoisotopic (exact) mass is 402 g/mol. The number of aryl methyl sites for hydroxylation is 1. The van der Waals surface area contributed by atoms with E-state index in [-0.39, 0.29) is 6.54 Å². The summed E-state index contributed by atoms with van der Waals surface area (Å²) in [5, 5.41) is 22.6. The average molecular weight is 403 g/mol. The minimum Gasteiger partial charge on any atom is -0.380 e. The zero-order chi connectivity index (χ0) is 20.1. The Bertz CT molecular complexity index is 829. The number of carbonyl (C=O) groups is 2. The summed E-state index contributed by atoms with van der Waals surface area (Å²) < 4.78 is 0. The summed E-state index contributed by atoms with van der Waals surface area (Å²) >= 11 is 1.59. The quantitative estimate of drug-likeness (QED) is 0.656. The van der Waals surface area contributed by atoms with Crippen LogP contribution < -0.4 is 5.32 Å². The molecule has 150 valence electrons. The zero-order valence-corrected chi connectivity index (χ0v) is 16.7. The summed E-state index contributed by atoms with van der Waals surface area (Å²) in [4.78, 5) is 27.9. The largest absolute Gasteiger partial charge is 0.380 e. The number of likely N-dealkylation sites (tertiary alicyclic amines) is 1. The van der Waals surface area contributed by atoms with Gasteiger partial charge < -0.3 is 20.4 Å². The first-order valence-corrected chi connectivity index (χ1v) is 10.3. The van der Waals surface area contributed by atoms with Crippen LogP contribution in [0.15, 0.2) is 36.4 Å². The molecule has 1 aliphatic rings. The standard InChI is InChI=1S/C21H26N2O4S/c1-14-6-2-3-7-15(14)12-16-8-9-17(28-16)13-22-20(26)18(24)19(25)21(27)23-10-4-5-11-23/h2-3,6-9,18-19,24-25H,4-5,10-13H2,1H3,(H,22,26). The fraction of sp³-hybridized carbons (Fsp3) is 0.429. The predicted octanol–water partition coefficient (Wildman–Crippen LogP) is 1.61. The number of rotatable bonds is 7. The number of amides is 2. The lowest BCUT2D eigenvalue weighted by molar-refractivity contribution is -0.152. The number of aliphatic hydroxyl groups excluding tert-OH is 2. The Balaban J connectivity index is 1.51. The van der Waals surface area contributed by atoms with Crippen molar-refractivity contribution < 1.29 is 19.8 Å². The maximum Gasteiger partial charge on any atom is 0.254 e. The van der Waals surface area contributed by atoms with Crippen LogP contribution in [-0.2, 0) is 22.6 Å². The van der Waals surface area contributed by atoms with Gasteiger partial charge in [-0.2, -0.15) is 0 Å². The molecule has 0 saturated carbocycles. The molecule has 1 saturated heterocycles. The summed E-state index contributed by atoms with van der Waals surface area (Å²) in [5.74, 6) is -1.33. The Kier molecular flexibility index (Phi) is 6.83. The van der Waals surface area contributed by atoms with Gasteiger partial charge >= 0.3 is 0 Å². The number of hydrogen-bond donors (Lipinski definition) is 3. The fourth-order valence-electron chi connectivity index (χ4n) is 3.29. The number of nitrogens with zero attached hydrogens (tertiary/aromatic N) is 1. The molecule has 6 nitrogen and oxygen atoms in total. The van der Waals surface area contributed by atoms with Crippen LogP contribution >= 0.6 is 11.3 Å². The highest BCUT2D eigenvalue weighted by molar-refractivity contribution is 7.12. The maximum absolute atomic E-state index is 12.1. The van der Waals surface area contributed by atoms with Crippen molar-refractivity contribution in [1.29, 1.82) is 0 Å². The van der Waals surface area contributed by atoms with Crippen molar-refractivity contribution in [3.8, 4) is 0 Å². The minimum atomic E-state index is -1.76. The van der Waals surface area contributed by atoms with Gasteiger partial charge in [-0.1, -0.05) is 24.3 Å². The van der Waals surface area contributed by atoms with E-state index in [4.69, 9.17) is 0 Å². The van der Waals surface area contributed by atoms with Gasteiger partial charge in [0, 0.05) is 29.3 Å². The molecule has 3 N–H and O–H groups in total. The van der Waals surface area contributed by atoms with E-state index in [0.29, 0.717) is 13.1 Å². The Morgan fingerprint density at radius 2 is 1.75 bits per heavy atom. The van der Waals surface area contributed by atoms with Crippen molar-refractivity contribution in [3.63, 3.8) is 0 Å². The predicted molar refractivity (Wildman–Crippen MR) is 108 cm³/mol. The molecule has 0 spiro atoms. The van der Waals surface area contributed by atoms with Gasteiger partial charge in [0.2, 0.25) is 0 Å². The van der Waals surface area contributed by atoms with Crippen LogP contribution in [0.2, 0.25) is 0 Å². The lowest BCUT2D eigenvalue weighted by atomic mass is 10.1. The summed E-state index contributed by atoms with van der Waals surface area (Å²) in [6, 6.07) is 12.2. The highest BCUT2D eigenvalue weighted by Crippen LogP contribution is 2.21. The molecular weight excluding hydrogens is 376 g/mol. The molecule has 0 bridgehead atoms. The van der Waals surface area contributed by atoms with Gasteiger partial charge in [0.05, 0.1) is 6.54 Å². The molecule has 28 heavy (non-hydrogen) atoms. The Labute approximate surface area is 168 Å². The zero-order valence-electron chi connectivity index (χ0n) is 15.9. The maximum atomic E-state index is 12.1. The second-order valence-corrected chi connectivity index (χ2v) is 8.36. The SMILES string of the molecule is Cc1ccccc1Cc1ccc(CNC(=O)C(O)C(O)C(=O)N2CCCC2)s1. The summed E-state index contributed by atoms with van der Waals surface area (Å²) in [6.45, 7) is 3.45. The Hall–Kier alpha value is -2.22. The fourth-order valence-corrected chi connectivity index (χ4v) is 4.27. The molecule has 2 heterocycles. The summed E-state index contributed by atoms with van der Waals surface area (Å²) in [6.07, 6.45) is -0.900. The van der Waals surface area contributed by atoms with Crippen LogP contribution in [-0.4, -0.2) is 52.2 Å². The molecular formula is C21H26N2O4S. The lowest BCUT2D eigenvalue weighted by Crippen LogP contribution is -2.50. The summed E-state index contributed by atoms with van der Waals surface area (Å²) in [7, 11) is 0. The lowest BCUT2D eigenvalue weighted by Gasteiger charge is -2.22. The van der Waals surface area contributed by atoms with E-state index in [1.807, 2.05) is 24.3 Å². The van der Waals surface area contributed by atoms with Crippen molar-refractivity contribution in [1.82, 2.24) is 10.2 Å². The first kappa shape index (κ1) is 20.5. The van der Waals surface area contributed by atoms with E-state index in [1.165, 1.54) is 20.9 Å². The van der Waals surface area contributed by atoms with Crippen molar-refractivity contribution in [2.45, 2.75) is 44.9 Å². The normalized spacial score (nSPS) is 16.0. The van der Waals surface area contributed by atoms with Gasteiger partial charge in [-0.15, -0.1) is 11.3 Å². The van der Waals surface area contributed by atoms with Crippen LogP contribution in [0.25, 0.3) is 0 Å². The van der Waals surface area contributed by atoms with Crippen LogP contribution in [0.5, 0.6) is 0 Å². The molecule has 7 heteroatoms. The first-order valence-electron chi connectivity index (χ1n) is 9.50. The average Bonchev–Trinajstić information content (AvgIpc) is 3.38. The summed E-state index contributed by atoms with van der Waals surface area (Å²) in [5.41, 5.74) is 2.50. The van der Waals surface area contributed by atoms with Crippen molar-refractivity contribution in [2.24, 2.45) is 0 Å². The second kappa shape index (κ2) is 9.32. The van der Waals surface area contributed by atoms with E-state index in [2.05, 4.69) is 24.4 Å². The van der Waals surface area contributed by atoms with E-state index >= 15 is 0 Å². The number of aliphatic hydroxyl groups is 2. The molecule has 1 aliphatic heterocycles. The van der Waals surface area contributed by atoms with E-state index in [0.717, 1.165) is 24.1 Å². The van der Waals surface area contributed by atoms with Gasteiger partial charge in [0.25, 0.3) is 11.8 Å². The molecule has 3 rings (SSSR count). The molecule has 1 aromatic carbocycles. The molecule has 1 fully saturated rings. The van der Waals surface area contributed by atoms with Gasteiger partial charge in [-0.25, -0.2) is 0 Å². The highest BCUT2D eigenvalue weighted by atomic mass is 32.1. The third kappa shape index (κ3) is 4.98. The van der Waals surface area contributed by atoms with Gasteiger partial charge in [-0.3, -0.25) is 9.59 Å². The minimum absolute atomic E-state index is 0.249. The Morgan fingerprint density at radius 3 is 2.46 bits per heavy atom. The van der Waals surface area contributed by atoms with Crippen LogP contribution in [0, 0.1) is 6.92 Å². The van der Waals surface area contributed by atoms with E-state index in [1.54, 1.807) is 11.3 Å². The first-order chi connectivity index (χ1) is 13.5. The van der Waals surface area contributed by atoms with Crippen molar-refractivity contribution in [2.75, 3.05) is 13.1 Å². The van der Waals surface area contributed by atoms with Gasteiger partial charge in [0.15, 0.2) is 12.2 Å². The number of nitrogens with one attached hydrogen (secondary N) is 1. The number of benzene rings is 1. The highest BCUT2D eigenvalue weighted by Gasteiger charge is 2.34. The van der Waals surface area contributed by atoms with Crippen LogP contribution in [0.3, 0.4) is 0 Å². The Morgan fingerprint density at radius 1 is 1.07 bits per heavy atom. The smallest absolute Gasteiger partial charge is 0.254 e. The molecule has 2 atom stereocenters. The van der Waals surface area contributed by atoms with Gasteiger partial charge in [0.1, 0.15) is 0 Å². The molecule has 2 unspecified atom stereocenters. The molecule has 1 aromatic heterocycles. The third-order valence-electron chi connectivity index (χ3n) is 5.02. The number of carbonyl (C=O) groups excluding carboxylic acids is 2. The second-order valence-electron chi connectivity index (χ2n) is 7.11. The van der Waals surface area contributed by atoms with Crippen LogP contribution in [0.4, 0.5) is 0 Å². The van der Waals surface area contributed by atoms with E-state index < -0.39 is 24.0 Å². The van der Waals surface area contributed by atoms with Gasteiger partial charge in [-0.05, 0) is 43.0 Å². The third-order valence-corrected chi connectivity index (χ3v) is 6.10. The van der Waals surface area contributed by atoms with Crippen molar-refractivity contribution >= 4 is 23.2 Å². The van der Waals surface area contributed by atoms with Crippen molar-refractivity contribution in [3.05, 3.63) is 57.3 Å². The molecule has 0 radical (unpaired) electrons. The topological polar surface area (TPSA) is 89.9 Å². The molecule has 2 aromatic rings. The molecule has 0 aliphatic carbocycles. The van der Waals surface area contributed by atoms with Crippen LogP contribution in [0.1, 0.15) is 33.7 Å². The molecule has 2 amide bonds.